The lowest BCUT2D eigenvalue weighted by molar-refractivity contribution is 0.636. The molecule has 0 fully saturated rings. The quantitative estimate of drug-likeness (QED) is 0.749. The van der Waals surface area contributed by atoms with E-state index in [0.717, 1.165) is 12.1 Å². The van der Waals surface area contributed by atoms with Gasteiger partial charge in [0.25, 0.3) is 0 Å². The largest absolute Gasteiger partial charge is 0.253 e. The summed E-state index contributed by atoms with van der Waals surface area (Å²) >= 11 is 0. The number of hydrogen-bond acceptors (Lipinski definition) is 1. The molecule has 0 unspecified atom stereocenters. The monoisotopic (exact) mass is 211 g/mol. The maximum absolute atomic E-state index is 4.68. The van der Waals surface area contributed by atoms with Gasteiger partial charge >= 0.3 is 0 Å². The van der Waals surface area contributed by atoms with E-state index in [-0.39, 0.29) is 0 Å². The average molecular weight is 211 g/mol. The first-order valence-electron chi connectivity index (χ1n) is 5.77. The van der Waals surface area contributed by atoms with Crippen LogP contribution >= 0.6 is 0 Å². The number of hydrogen-bond donors (Lipinski definition) is 0. The van der Waals surface area contributed by atoms with Crippen molar-refractivity contribution in [3.05, 3.63) is 54.2 Å². The zero-order valence-electron chi connectivity index (χ0n) is 9.85. The van der Waals surface area contributed by atoms with Gasteiger partial charge in [0.05, 0.1) is 5.69 Å². The van der Waals surface area contributed by atoms with Gasteiger partial charge in [-0.25, -0.2) is 0 Å². The number of rotatable bonds is 3. The molecular formula is C15H17N. The smallest absolute Gasteiger partial charge is 0.0705 e. The summed E-state index contributed by atoms with van der Waals surface area (Å²) in [6.07, 6.45) is 1.04. The molecule has 1 nitrogen and oxygen atoms in total. The van der Waals surface area contributed by atoms with Crippen molar-refractivity contribution < 1.29 is 0 Å². The molecule has 0 bridgehead atoms. The minimum absolute atomic E-state index is 0.651. The predicted octanol–water partition coefficient (Wildman–Crippen LogP) is 3.95. The molecule has 16 heavy (non-hydrogen) atoms. The number of nitrogens with zero attached hydrogens (tertiary/aromatic N) is 1. The van der Waals surface area contributed by atoms with Gasteiger partial charge in [0.2, 0.25) is 0 Å². The Morgan fingerprint density at radius 3 is 2.38 bits per heavy atom. The minimum atomic E-state index is 0.651. The molecule has 0 aliphatic heterocycles. The Labute approximate surface area is 97.2 Å². The lowest BCUT2D eigenvalue weighted by Crippen LogP contribution is -1.97. The van der Waals surface area contributed by atoms with Crippen LogP contribution in [0.3, 0.4) is 0 Å². The number of aromatic nitrogens is 1. The Morgan fingerprint density at radius 2 is 1.69 bits per heavy atom. The Balaban J connectivity index is 2.29. The highest BCUT2D eigenvalue weighted by molar-refractivity contribution is 5.58. The van der Waals surface area contributed by atoms with E-state index in [4.69, 9.17) is 0 Å². The third-order valence-corrected chi connectivity index (χ3v) is 2.49. The van der Waals surface area contributed by atoms with E-state index in [9.17, 15) is 0 Å². The Kier molecular flexibility index (Phi) is 3.35. The maximum atomic E-state index is 4.68. The molecule has 0 aliphatic rings. The zero-order valence-corrected chi connectivity index (χ0v) is 9.85. The first kappa shape index (κ1) is 10.9. The van der Waals surface area contributed by atoms with Crippen molar-refractivity contribution in [2.45, 2.75) is 20.3 Å². The molecule has 0 aliphatic carbocycles. The summed E-state index contributed by atoms with van der Waals surface area (Å²) in [5, 5.41) is 0. The van der Waals surface area contributed by atoms with Gasteiger partial charge in [-0.1, -0.05) is 50.2 Å². The molecule has 1 heteroatoms. The number of pyridine rings is 1. The predicted molar refractivity (Wildman–Crippen MR) is 68.2 cm³/mol. The first-order chi connectivity index (χ1) is 7.75. The van der Waals surface area contributed by atoms with E-state index in [1.165, 1.54) is 11.3 Å². The van der Waals surface area contributed by atoms with Gasteiger partial charge < -0.3 is 0 Å². The standard InChI is InChI=1S/C15H17N/c1-12(2)11-14-9-6-10-15(16-14)13-7-4-3-5-8-13/h3-10,12H,11H2,1-2H3. The summed E-state index contributed by atoms with van der Waals surface area (Å²) in [6, 6.07) is 16.6. The molecule has 0 saturated heterocycles. The van der Waals surface area contributed by atoms with E-state index in [0.29, 0.717) is 5.92 Å². The van der Waals surface area contributed by atoms with Crippen LogP contribution in [-0.4, -0.2) is 4.98 Å². The normalized spacial score (nSPS) is 10.7. The number of benzene rings is 1. The van der Waals surface area contributed by atoms with Crippen LogP contribution < -0.4 is 0 Å². The summed E-state index contributed by atoms with van der Waals surface area (Å²) in [5.41, 5.74) is 3.43. The highest BCUT2D eigenvalue weighted by atomic mass is 14.7. The van der Waals surface area contributed by atoms with Gasteiger partial charge in [-0.3, -0.25) is 4.98 Å². The summed E-state index contributed by atoms with van der Waals surface area (Å²) < 4.78 is 0. The van der Waals surface area contributed by atoms with Crippen LogP contribution in [0.4, 0.5) is 0 Å². The van der Waals surface area contributed by atoms with Crippen LogP contribution in [0.1, 0.15) is 19.5 Å². The summed E-state index contributed by atoms with van der Waals surface area (Å²) in [4.78, 5) is 4.68. The summed E-state index contributed by atoms with van der Waals surface area (Å²) in [5.74, 6) is 0.651. The van der Waals surface area contributed by atoms with Gasteiger partial charge in [0.15, 0.2) is 0 Å². The molecule has 0 spiro atoms. The van der Waals surface area contributed by atoms with Crippen LogP contribution in [0.25, 0.3) is 11.3 Å². The van der Waals surface area contributed by atoms with Crippen molar-refractivity contribution in [3.63, 3.8) is 0 Å². The van der Waals surface area contributed by atoms with Gasteiger partial charge in [0.1, 0.15) is 0 Å². The van der Waals surface area contributed by atoms with Crippen molar-refractivity contribution in [3.8, 4) is 11.3 Å². The molecule has 2 rings (SSSR count). The second-order valence-corrected chi connectivity index (χ2v) is 4.48. The van der Waals surface area contributed by atoms with Crippen molar-refractivity contribution in [1.29, 1.82) is 0 Å². The van der Waals surface area contributed by atoms with Crippen LogP contribution in [0.5, 0.6) is 0 Å². The zero-order chi connectivity index (χ0) is 11.4. The fourth-order valence-electron chi connectivity index (χ4n) is 1.78. The Bertz CT molecular complexity index is 446. The molecule has 1 aromatic carbocycles. The van der Waals surface area contributed by atoms with E-state index < -0.39 is 0 Å². The van der Waals surface area contributed by atoms with Gasteiger partial charge in [-0.2, -0.15) is 0 Å². The molecule has 0 radical (unpaired) electrons. The van der Waals surface area contributed by atoms with Crippen molar-refractivity contribution in [2.75, 3.05) is 0 Å². The molecule has 2 aromatic rings. The second kappa shape index (κ2) is 4.93. The molecule has 0 amide bonds. The third kappa shape index (κ3) is 2.69. The maximum Gasteiger partial charge on any atom is 0.0705 e. The second-order valence-electron chi connectivity index (χ2n) is 4.48. The average Bonchev–Trinajstić information content (AvgIpc) is 2.30. The van der Waals surface area contributed by atoms with E-state index in [1.54, 1.807) is 0 Å². The molecule has 1 heterocycles. The van der Waals surface area contributed by atoms with Crippen molar-refractivity contribution in [2.24, 2.45) is 5.92 Å². The molecule has 0 saturated carbocycles. The molecular weight excluding hydrogens is 194 g/mol. The Hall–Kier alpha value is -1.63. The van der Waals surface area contributed by atoms with Crippen LogP contribution in [0, 0.1) is 5.92 Å². The third-order valence-electron chi connectivity index (χ3n) is 2.49. The highest BCUT2D eigenvalue weighted by Crippen LogP contribution is 2.17. The van der Waals surface area contributed by atoms with Crippen LogP contribution in [-0.2, 0) is 6.42 Å². The lowest BCUT2D eigenvalue weighted by Gasteiger charge is -2.06. The highest BCUT2D eigenvalue weighted by Gasteiger charge is 2.02. The molecule has 1 aromatic heterocycles. The van der Waals surface area contributed by atoms with Crippen LogP contribution in [0.15, 0.2) is 48.5 Å². The lowest BCUT2D eigenvalue weighted by atomic mass is 10.1. The summed E-state index contributed by atoms with van der Waals surface area (Å²) in [7, 11) is 0. The SMILES string of the molecule is CC(C)Cc1cccc(-c2ccccc2)n1. The van der Waals surface area contributed by atoms with Gasteiger partial charge in [-0.15, -0.1) is 0 Å². The Morgan fingerprint density at radius 1 is 0.938 bits per heavy atom. The van der Waals surface area contributed by atoms with Crippen LogP contribution in [0.2, 0.25) is 0 Å². The molecule has 0 N–H and O–H groups in total. The fraction of sp³-hybridized carbons (Fsp3) is 0.267. The molecule has 0 atom stereocenters. The van der Waals surface area contributed by atoms with E-state index >= 15 is 0 Å². The van der Waals surface area contributed by atoms with E-state index in [1.807, 2.05) is 18.2 Å². The van der Waals surface area contributed by atoms with E-state index in [2.05, 4.69) is 49.2 Å². The topological polar surface area (TPSA) is 12.9 Å². The summed E-state index contributed by atoms with van der Waals surface area (Å²) in [6.45, 7) is 4.44. The van der Waals surface area contributed by atoms with Gasteiger partial charge in [-0.05, 0) is 24.5 Å². The fourth-order valence-corrected chi connectivity index (χ4v) is 1.78. The van der Waals surface area contributed by atoms with Gasteiger partial charge in [0, 0.05) is 11.3 Å². The first-order valence-corrected chi connectivity index (χ1v) is 5.77. The minimum Gasteiger partial charge on any atom is -0.253 e. The van der Waals surface area contributed by atoms with Crippen molar-refractivity contribution in [1.82, 2.24) is 4.98 Å². The molecule has 82 valence electrons. The van der Waals surface area contributed by atoms with Crippen molar-refractivity contribution >= 4 is 0 Å².